The van der Waals surface area contributed by atoms with Gasteiger partial charge in [-0.2, -0.15) is 0 Å². The van der Waals surface area contributed by atoms with Crippen LogP contribution in [-0.2, 0) is 6.42 Å². The van der Waals surface area contributed by atoms with Gasteiger partial charge in [0.05, 0.1) is 6.10 Å². The van der Waals surface area contributed by atoms with Gasteiger partial charge in [-0.3, -0.25) is 0 Å². The molecule has 2 aliphatic rings. The molecule has 2 aliphatic carbocycles. The Bertz CT molecular complexity index is 726. The Kier molecular flexibility index (Phi) is 10.3. The van der Waals surface area contributed by atoms with Gasteiger partial charge >= 0.3 is 0 Å². The quantitative estimate of drug-likeness (QED) is 0.355. The maximum atomic E-state index is 10.9. The molecule has 0 radical (unpaired) electrons. The summed E-state index contributed by atoms with van der Waals surface area (Å²) >= 11 is 0. The fourth-order valence-corrected chi connectivity index (χ4v) is 7.21. The predicted octanol–water partition coefficient (Wildman–Crippen LogP) is 7.92. The highest BCUT2D eigenvalue weighted by Crippen LogP contribution is 2.48. The third kappa shape index (κ3) is 6.63. The molecule has 188 valence electrons. The molecular formula is C31H52O2. The third-order valence-corrected chi connectivity index (χ3v) is 9.50. The fraction of sp³-hybridized carbons (Fsp3) is 0.806. The van der Waals surface area contributed by atoms with Gasteiger partial charge < -0.3 is 10.2 Å². The van der Waals surface area contributed by atoms with Crippen molar-refractivity contribution in [2.24, 2.45) is 23.7 Å². The lowest BCUT2D eigenvalue weighted by Gasteiger charge is -2.38. The van der Waals surface area contributed by atoms with E-state index in [1.54, 1.807) is 11.1 Å². The third-order valence-electron chi connectivity index (χ3n) is 9.50. The van der Waals surface area contributed by atoms with E-state index in [1.807, 2.05) is 0 Å². The van der Waals surface area contributed by atoms with Gasteiger partial charge in [0.25, 0.3) is 0 Å². The lowest BCUT2D eigenvalue weighted by atomic mass is 9.67. The monoisotopic (exact) mass is 456 g/mol. The van der Waals surface area contributed by atoms with E-state index in [2.05, 4.69) is 46.8 Å². The average molecular weight is 457 g/mol. The number of hydrogen-bond donors (Lipinski definition) is 2. The molecule has 1 aromatic carbocycles. The molecule has 2 N–H and O–H groups in total. The molecule has 0 spiro atoms. The van der Waals surface area contributed by atoms with Crippen LogP contribution in [0.5, 0.6) is 0 Å². The van der Waals surface area contributed by atoms with E-state index in [9.17, 15) is 10.2 Å². The van der Waals surface area contributed by atoms with Gasteiger partial charge in [0.2, 0.25) is 0 Å². The van der Waals surface area contributed by atoms with Gasteiger partial charge in [-0.15, -0.1) is 0 Å². The summed E-state index contributed by atoms with van der Waals surface area (Å²) in [6.07, 6.45) is 13.9. The average Bonchev–Trinajstić information content (AvgIpc) is 2.82. The molecule has 2 heteroatoms. The Labute approximate surface area is 204 Å². The summed E-state index contributed by atoms with van der Waals surface area (Å²) in [5.41, 5.74) is 6.02. The zero-order chi connectivity index (χ0) is 24.0. The molecule has 2 nitrogen and oxygen atoms in total. The van der Waals surface area contributed by atoms with Gasteiger partial charge in [0.15, 0.2) is 0 Å². The molecule has 1 aromatic rings. The molecule has 3 rings (SSSR count). The molecule has 0 aromatic heterocycles. The number of benzene rings is 1. The molecule has 0 bridgehead atoms. The minimum Gasteiger partial charge on any atom is -0.396 e. The molecule has 7 atom stereocenters. The van der Waals surface area contributed by atoms with Crippen LogP contribution in [-0.4, -0.2) is 22.9 Å². The van der Waals surface area contributed by atoms with Crippen molar-refractivity contribution in [1.29, 1.82) is 0 Å². The Morgan fingerprint density at radius 3 is 2.52 bits per heavy atom. The summed E-state index contributed by atoms with van der Waals surface area (Å²) in [6, 6.07) is 4.83. The summed E-state index contributed by atoms with van der Waals surface area (Å²) in [6.45, 7) is 12.1. The van der Waals surface area contributed by atoms with Crippen molar-refractivity contribution in [2.45, 2.75) is 130 Å². The summed E-state index contributed by atoms with van der Waals surface area (Å²) in [5, 5.41) is 20.7. The van der Waals surface area contributed by atoms with Crippen LogP contribution in [0.4, 0.5) is 0 Å². The lowest BCUT2D eigenvalue weighted by Crippen LogP contribution is -2.27. The second-order valence-electron chi connectivity index (χ2n) is 11.8. The number of aliphatic hydroxyl groups excluding tert-OH is 2. The molecular weight excluding hydrogens is 404 g/mol. The number of aliphatic hydroxyl groups is 2. The van der Waals surface area contributed by atoms with Crippen LogP contribution in [0.1, 0.15) is 132 Å². The van der Waals surface area contributed by atoms with Crippen molar-refractivity contribution in [1.82, 2.24) is 0 Å². The number of aryl methyl sites for hydroxylation is 1. The van der Waals surface area contributed by atoms with Crippen molar-refractivity contribution >= 4 is 0 Å². The van der Waals surface area contributed by atoms with E-state index in [0.717, 1.165) is 37.0 Å². The first-order valence-corrected chi connectivity index (χ1v) is 14.3. The first-order valence-electron chi connectivity index (χ1n) is 14.3. The smallest absolute Gasteiger partial charge is 0.0571 e. The molecule has 6 unspecified atom stereocenters. The van der Waals surface area contributed by atoms with E-state index >= 15 is 0 Å². The Morgan fingerprint density at radius 1 is 1.06 bits per heavy atom. The highest BCUT2D eigenvalue weighted by Gasteiger charge is 2.33. The molecule has 0 saturated heterocycles. The first-order chi connectivity index (χ1) is 15.9. The highest BCUT2D eigenvalue weighted by atomic mass is 16.3. The largest absolute Gasteiger partial charge is 0.396 e. The fourth-order valence-electron chi connectivity index (χ4n) is 7.21. The summed E-state index contributed by atoms with van der Waals surface area (Å²) in [5.74, 6) is 3.96. The Hall–Kier alpha value is -0.860. The number of fused-ring (bicyclic) bond motifs is 1. The van der Waals surface area contributed by atoms with Gasteiger partial charge in [-0.05, 0) is 116 Å². The highest BCUT2D eigenvalue weighted by molar-refractivity contribution is 5.46. The zero-order valence-electron chi connectivity index (χ0n) is 22.3. The maximum absolute atomic E-state index is 10.9. The second-order valence-corrected chi connectivity index (χ2v) is 11.8. The number of rotatable bonds is 11. The normalized spacial score (nSPS) is 28.2. The van der Waals surface area contributed by atoms with Crippen molar-refractivity contribution < 1.29 is 10.2 Å². The van der Waals surface area contributed by atoms with E-state index in [0.29, 0.717) is 17.8 Å². The van der Waals surface area contributed by atoms with E-state index in [1.165, 1.54) is 68.9 Å². The van der Waals surface area contributed by atoms with Crippen LogP contribution in [0.25, 0.3) is 0 Å². The minimum absolute atomic E-state index is 0.163. The van der Waals surface area contributed by atoms with Crippen molar-refractivity contribution in [3.8, 4) is 0 Å². The lowest BCUT2D eigenvalue weighted by molar-refractivity contribution is 0.0651. The van der Waals surface area contributed by atoms with Crippen LogP contribution in [0, 0.1) is 30.6 Å². The van der Waals surface area contributed by atoms with Crippen LogP contribution in [0.2, 0.25) is 0 Å². The van der Waals surface area contributed by atoms with Crippen LogP contribution in [0.3, 0.4) is 0 Å². The van der Waals surface area contributed by atoms with Crippen molar-refractivity contribution in [3.05, 3.63) is 34.4 Å². The maximum Gasteiger partial charge on any atom is 0.0571 e. The first kappa shape index (κ1) is 26.7. The van der Waals surface area contributed by atoms with Gasteiger partial charge in [0, 0.05) is 6.61 Å². The standard InChI is InChI=1S/C31H52O2/c1-6-21(3)19-24(7-2)28-14-12-26(17-18-32)31-23(5)25(11-15-29(28)31)13-16-30(33)27-10-8-9-22(4)20-27/h11,15,21-22,24,26-28,30,32-33H,6-10,12-14,16-20H2,1-5H3/t21-,22?,24?,26?,27?,28?,30?/m0/s1. The van der Waals surface area contributed by atoms with E-state index in [-0.39, 0.29) is 12.7 Å². The topological polar surface area (TPSA) is 40.5 Å². The molecule has 1 saturated carbocycles. The predicted molar refractivity (Wildman–Crippen MR) is 141 cm³/mol. The van der Waals surface area contributed by atoms with Crippen LogP contribution >= 0.6 is 0 Å². The van der Waals surface area contributed by atoms with E-state index in [4.69, 9.17) is 0 Å². The molecule has 0 aliphatic heterocycles. The number of hydrogen-bond acceptors (Lipinski definition) is 2. The summed E-state index contributed by atoms with van der Waals surface area (Å²) in [7, 11) is 0. The minimum atomic E-state index is -0.163. The van der Waals surface area contributed by atoms with Crippen LogP contribution in [0.15, 0.2) is 12.1 Å². The summed E-state index contributed by atoms with van der Waals surface area (Å²) < 4.78 is 0. The van der Waals surface area contributed by atoms with Gasteiger partial charge in [0.1, 0.15) is 0 Å². The molecule has 33 heavy (non-hydrogen) atoms. The second kappa shape index (κ2) is 12.7. The summed E-state index contributed by atoms with van der Waals surface area (Å²) in [4.78, 5) is 0. The molecule has 0 amide bonds. The van der Waals surface area contributed by atoms with Gasteiger partial charge in [-0.1, -0.05) is 65.5 Å². The van der Waals surface area contributed by atoms with Crippen molar-refractivity contribution in [2.75, 3.05) is 6.61 Å². The van der Waals surface area contributed by atoms with E-state index < -0.39 is 0 Å². The molecule has 0 heterocycles. The zero-order valence-corrected chi connectivity index (χ0v) is 22.3. The van der Waals surface area contributed by atoms with Crippen LogP contribution < -0.4 is 0 Å². The van der Waals surface area contributed by atoms with Crippen molar-refractivity contribution in [3.63, 3.8) is 0 Å². The van der Waals surface area contributed by atoms with Gasteiger partial charge in [-0.25, -0.2) is 0 Å². The molecule has 1 fully saturated rings. The Balaban J connectivity index is 1.80. The SMILES string of the molecule is CCC(C[C@@H](C)CC)C1CCC(CCO)c2c1ccc(CCC(O)C1CCCC(C)C1)c2C. The Morgan fingerprint density at radius 2 is 1.85 bits per heavy atom.